The van der Waals surface area contributed by atoms with Crippen LogP contribution in [0.25, 0.3) is 0 Å². The standard InChI is InChI=1S/C14H28N2O3/c1-12-5-4-7-16(12)13(19)6-8-15(3)9-14(2,10-17)11-18/h12,17-18H,4-11H2,1-3H3. The minimum absolute atomic E-state index is 0.0506. The van der Waals surface area contributed by atoms with E-state index in [0.29, 0.717) is 25.6 Å². The van der Waals surface area contributed by atoms with Gasteiger partial charge in [0.2, 0.25) is 5.91 Å². The molecule has 112 valence electrons. The lowest BCUT2D eigenvalue weighted by molar-refractivity contribution is -0.132. The summed E-state index contributed by atoms with van der Waals surface area (Å²) >= 11 is 0. The molecule has 0 radical (unpaired) electrons. The van der Waals surface area contributed by atoms with Crippen LogP contribution >= 0.6 is 0 Å². The number of carbonyl (C=O) groups excluding carboxylic acids is 1. The number of hydrogen-bond acceptors (Lipinski definition) is 4. The van der Waals surface area contributed by atoms with Gasteiger partial charge >= 0.3 is 0 Å². The Morgan fingerprint density at radius 3 is 2.53 bits per heavy atom. The van der Waals surface area contributed by atoms with E-state index in [1.165, 1.54) is 0 Å². The van der Waals surface area contributed by atoms with E-state index in [1.54, 1.807) is 0 Å². The van der Waals surface area contributed by atoms with Gasteiger partial charge in [-0.1, -0.05) is 6.92 Å². The molecule has 1 aliphatic rings. The van der Waals surface area contributed by atoms with Crippen LogP contribution in [0, 0.1) is 5.41 Å². The molecule has 0 spiro atoms. The summed E-state index contributed by atoms with van der Waals surface area (Å²) in [6.07, 6.45) is 2.72. The van der Waals surface area contributed by atoms with Crippen molar-refractivity contribution in [3.63, 3.8) is 0 Å². The van der Waals surface area contributed by atoms with Crippen LogP contribution in [0.5, 0.6) is 0 Å². The Morgan fingerprint density at radius 1 is 1.42 bits per heavy atom. The van der Waals surface area contributed by atoms with Crippen LogP contribution < -0.4 is 0 Å². The van der Waals surface area contributed by atoms with Crippen LogP contribution in [0.4, 0.5) is 0 Å². The lowest BCUT2D eigenvalue weighted by Crippen LogP contribution is -2.41. The monoisotopic (exact) mass is 272 g/mol. The summed E-state index contributed by atoms with van der Waals surface area (Å²) in [5.41, 5.74) is -0.501. The van der Waals surface area contributed by atoms with Gasteiger partial charge in [0.15, 0.2) is 0 Å². The number of amides is 1. The number of aliphatic hydroxyl groups is 2. The fraction of sp³-hybridized carbons (Fsp3) is 0.929. The van der Waals surface area contributed by atoms with Crippen molar-refractivity contribution in [3.8, 4) is 0 Å². The molecule has 0 bridgehead atoms. The summed E-state index contributed by atoms with van der Waals surface area (Å²) in [7, 11) is 1.92. The zero-order valence-electron chi connectivity index (χ0n) is 12.4. The number of rotatable bonds is 7. The summed E-state index contributed by atoms with van der Waals surface area (Å²) in [4.78, 5) is 16.0. The Balaban J connectivity index is 2.33. The van der Waals surface area contributed by atoms with Gasteiger partial charge in [0.05, 0.1) is 13.2 Å². The Hall–Kier alpha value is -0.650. The molecule has 19 heavy (non-hydrogen) atoms. The normalized spacial score (nSPS) is 20.3. The lowest BCUT2D eigenvalue weighted by Gasteiger charge is -2.30. The van der Waals surface area contributed by atoms with E-state index in [9.17, 15) is 15.0 Å². The summed E-state index contributed by atoms with van der Waals surface area (Å²) in [5, 5.41) is 18.5. The first-order chi connectivity index (χ1) is 8.91. The van der Waals surface area contributed by atoms with Crippen molar-refractivity contribution in [2.75, 3.05) is 39.9 Å². The third-order valence-corrected chi connectivity index (χ3v) is 4.00. The lowest BCUT2D eigenvalue weighted by atomic mass is 9.92. The summed E-state index contributed by atoms with van der Waals surface area (Å²) in [6.45, 7) is 5.97. The summed E-state index contributed by atoms with van der Waals surface area (Å²) in [6, 6.07) is 0.373. The van der Waals surface area contributed by atoms with Crippen LogP contribution in [0.1, 0.15) is 33.1 Å². The molecule has 1 heterocycles. The number of carbonyl (C=O) groups is 1. The van der Waals surface area contributed by atoms with Crippen molar-refractivity contribution < 1.29 is 15.0 Å². The third kappa shape index (κ3) is 4.75. The number of likely N-dealkylation sites (tertiary alicyclic amines) is 1. The van der Waals surface area contributed by atoms with E-state index < -0.39 is 5.41 Å². The zero-order chi connectivity index (χ0) is 14.5. The van der Waals surface area contributed by atoms with Gasteiger partial charge in [-0.05, 0) is 26.8 Å². The van der Waals surface area contributed by atoms with Gasteiger partial charge in [-0.2, -0.15) is 0 Å². The maximum atomic E-state index is 12.1. The largest absolute Gasteiger partial charge is 0.396 e. The van der Waals surface area contributed by atoms with Gasteiger partial charge in [-0.25, -0.2) is 0 Å². The maximum absolute atomic E-state index is 12.1. The molecule has 5 heteroatoms. The molecule has 1 fully saturated rings. The van der Waals surface area contributed by atoms with Crippen molar-refractivity contribution in [1.82, 2.24) is 9.80 Å². The number of aliphatic hydroxyl groups excluding tert-OH is 2. The molecule has 0 aromatic heterocycles. The predicted molar refractivity (Wildman–Crippen MR) is 74.8 cm³/mol. The van der Waals surface area contributed by atoms with Crippen LogP contribution in [0.3, 0.4) is 0 Å². The molecule has 0 aromatic carbocycles. The average molecular weight is 272 g/mol. The first-order valence-electron chi connectivity index (χ1n) is 7.11. The second-order valence-corrected chi connectivity index (χ2v) is 6.19. The Labute approximate surface area is 116 Å². The van der Waals surface area contributed by atoms with Crippen LogP contribution in [0.2, 0.25) is 0 Å². The molecule has 1 saturated heterocycles. The highest BCUT2D eigenvalue weighted by molar-refractivity contribution is 5.76. The second-order valence-electron chi connectivity index (χ2n) is 6.19. The Morgan fingerprint density at radius 2 is 2.05 bits per heavy atom. The third-order valence-electron chi connectivity index (χ3n) is 4.00. The molecular weight excluding hydrogens is 244 g/mol. The van der Waals surface area contributed by atoms with Gasteiger partial charge in [0, 0.05) is 37.5 Å². The Bertz CT molecular complexity index is 292. The molecule has 1 unspecified atom stereocenters. The van der Waals surface area contributed by atoms with E-state index >= 15 is 0 Å². The smallest absolute Gasteiger partial charge is 0.224 e. The van der Waals surface area contributed by atoms with E-state index in [0.717, 1.165) is 19.4 Å². The molecule has 1 amide bonds. The van der Waals surface area contributed by atoms with Gasteiger partial charge in [0.1, 0.15) is 0 Å². The highest BCUT2D eigenvalue weighted by atomic mass is 16.3. The molecule has 1 atom stereocenters. The summed E-state index contributed by atoms with van der Waals surface area (Å²) in [5.74, 6) is 0.214. The van der Waals surface area contributed by atoms with Crippen LogP contribution in [-0.2, 0) is 4.79 Å². The molecule has 0 aromatic rings. The van der Waals surface area contributed by atoms with E-state index in [-0.39, 0.29) is 19.1 Å². The fourth-order valence-electron chi connectivity index (χ4n) is 2.61. The van der Waals surface area contributed by atoms with Gasteiger partial charge < -0.3 is 20.0 Å². The molecular formula is C14H28N2O3. The van der Waals surface area contributed by atoms with Crippen LogP contribution in [0.15, 0.2) is 0 Å². The van der Waals surface area contributed by atoms with Crippen LogP contribution in [-0.4, -0.2) is 71.9 Å². The van der Waals surface area contributed by atoms with E-state index in [4.69, 9.17) is 0 Å². The maximum Gasteiger partial charge on any atom is 0.224 e. The molecule has 1 rings (SSSR count). The molecule has 1 aliphatic heterocycles. The van der Waals surface area contributed by atoms with Gasteiger partial charge in [0.25, 0.3) is 0 Å². The topological polar surface area (TPSA) is 64.0 Å². The zero-order valence-corrected chi connectivity index (χ0v) is 12.4. The second kappa shape index (κ2) is 7.22. The van der Waals surface area contributed by atoms with Crippen molar-refractivity contribution >= 4 is 5.91 Å². The van der Waals surface area contributed by atoms with Crippen molar-refractivity contribution in [3.05, 3.63) is 0 Å². The molecule has 0 aliphatic carbocycles. The van der Waals surface area contributed by atoms with Gasteiger partial charge in [-0.15, -0.1) is 0 Å². The summed E-state index contributed by atoms with van der Waals surface area (Å²) < 4.78 is 0. The predicted octanol–water partition coefficient (Wildman–Crippen LogP) is 0.310. The molecule has 5 nitrogen and oxygen atoms in total. The van der Waals surface area contributed by atoms with Gasteiger partial charge in [-0.3, -0.25) is 4.79 Å². The highest BCUT2D eigenvalue weighted by Crippen LogP contribution is 2.18. The van der Waals surface area contributed by atoms with E-state index in [2.05, 4.69) is 6.92 Å². The minimum atomic E-state index is -0.501. The first kappa shape index (κ1) is 16.4. The van der Waals surface area contributed by atoms with Crippen molar-refractivity contribution in [1.29, 1.82) is 0 Å². The number of nitrogens with zero attached hydrogens (tertiary/aromatic N) is 2. The number of hydrogen-bond donors (Lipinski definition) is 2. The molecule has 0 saturated carbocycles. The van der Waals surface area contributed by atoms with Crippen molar-refractivity contribution in [2.24, 2.45) is 5.41 Å². The Kier molecular flexibility index (Phi) is 6.23. The average Bonchev–Trinajstić information content (AvgIpc) is 2.82. The molecule has 2 N–H and O–H groups in total. The quantitative estimate of drug-likeness (QED) is 0.700. The highest BCUT2D eigenvalue weighted by Gasteiger charge is 2.27. The van der Waals surface area contributed by atoms with Crippen molar-refractivity contribution in [2.45, 2.75) is 39.2 Å². The van der Waals surface area contributed by atoms with E-state index in [1.807, 2.05) is 23.8 Å². The SMILES string of the molecule is CC1CCCN1C(=O)CCN(C)CC(C)(CO)CO. The fourth-order valence-corrected chi connectivity index (χ4v) is 2.61. The first-order valence-corrected chi connectivity index (χ1v) is 7.11. The minimum Gasteiger partial charge on any atom is -0.396 e.